The lowest BCUT2D eigenvalue weighted by Gasteiger charge is -2.33. The molecule has 1 N–H and O–H groups in total. The highest BCUT2D eigenvalue weighted by atomic mass is 35.5. The number of nitrogens with zero attached hydrogens (tertiary/aromatic N) is 1. The van der Waals surface area contributed by atoms with Crippen LogP contribution in [0.15, 0.2) is 36.4 Å². The number of ether oxygens (including phenoxy) is 1. The quantitative estimate of drug-likeness (QED) is 0.559. The molecule has 0 bridgehead atoms. The molecule has 168 valence electrons. The van der Waals surface area contributed by atoms with Crippen molar-refractivity contribution in [3.05, 3.63) is 63.9 Å². The van der Waals surface area contributed by atoms with Crippen molar-refractivity contribution in [3.8, 4) is 0 Å². The minimum Gasteiger partial charge on any atom is -0.458 e. The first-order chi connectivity index (χ1) is 15.6. The maximum absolute atomic E-state index is 11.9. The van der Waals surface area contributed by atoms with Crippen LogP contribution < -0.4 is 5.32 Å². The molecular formula is C25H27ClN2O4. The van der Waals surface area contributed by atoms with E-state index >= 15 is 0 Å². The van der Waals surface area contributed by atoms with Crippen molar-refractivity contribution in [2.24, 2.45) is 5.92 Å². The molecule has 2 fully saturated rings. The number of pyridine rings is 1. The Balaban J connectivity index is 1.52. The van der Waals surface area contributed by atoms with Gasteiger partial charge in [0.05, 0.1) is 17.8 Å². The Hall–Kier alpha value is -2.73. The van der Waals surface area contributed by atoms with Gasteiger partial charge in [0.2, 0.25) is 12.3 Å². The summed E-state index contributed by atoms with van der Waals surface area (Å²) < 4.78 is 5.57. The lowest BCUT2D eigenvalue weighted by Crippen LogP contribution is -2.25. The zero-order chi connectivity index (χ0) is 22.5. The van der Waals surface area contributed by atoms with E-state index in [-0.39, 0.29) is 12.3 Å². The van der Waals surface area contributed by atoms with E-state index in [9.17, 15) is 14.4 Å². The molecule has 2 aromatic rings. The molecule has 7 heteroatoms. The van der Waals surface area contributed by atoms with Crippen molar-refractivity contribution < 1.29 is 19.1 Å². The Morgan fingerprint density at radius 2 is 1.69 bits per heavy atom. The van der Waals surface area contributed by atoms with Crippen LogP contribution in [0.1, 0.15) is 79.0 Å². The Morgan fingerprint density at radius 1 is 1.03 bits per heavy atom. The minimum absolute atomic E-state index is 0.0173. The third-order valence-electron chi connectivity index (χ3n) is 6.57. The molecule has 0 radical (unpaired) electrons. The van der Waals surface area contributed by atoms with Crippen molar-refractivity contribution in [1.29, 1.82) is 0 Å². The maximum Gasteiger partial charge on any atom is 0.293 e. The summed E-state index contributed by atoms with van der Waals surface area (Å²) in [6.07, 6.45) is 6.01. The van der Waals surface area contributed by atoms with Crippen molar-refractivity contribution in [3.63, 3.8) is 0 Å². The largest absolute Gasteiger partial charge is 0.458 e. The summed E-state index contributed by atoms with van der Waals surface area (Å²) in [4.78, 5) is 38.6. The summed E-state index contributed by atoms with van der Waals surface area (Å²) in [7, 11) is 0. The van der Waals surface area contributed by atoms with Crippen LogP contribution in [-0.4, -0.2) is 23.8 Å². The molecule has 1 unspecified atom stereocenters. The van der Waals surface area contributed by atoms with Gasteiger partial charge in [-0.1, -0.05) is 23.7 Å². The van der Waals surface area contributed by atoms with Crippen molar-refractivity contribution >= 4 is 30.4 Å². The monoisotopic (exact) mass is 454 g/mol. The average molecular weight is 455 g/mol. The smallest absolute Gasteiger partial charge is 0.293 e. The van der Waals surface area contributed by atoms with Crippen LogP contribution in [0.25, 0.3) is 0 Å². The molecule has 0 saturated heterocycles. The second-order valence-corrected chi connectivity index (χ2v) is 9.21. The van der Waals surface area contributed by atoms with E-state index in [2.05, 4.69) is 22.4 Å². The molecule has 2 amide bonds. The van der Waals surface area contributed by atoms with E-state index in [1.807, 2.05) is 24.3 Å². The molecule has 1 aromatic heterocycles. The van der Waals surface area contributed by atoms with Crippen molar-refractivity contribution in [2.75, 3.05) is 0 Å². The number of carbonyl (C=O) groups excluding carboxylic acids is 3. The number of imide groups is 1. The van der Waals surface area contributed by atoms with Crippen molar-refractivity contribution in [1.82, 2.24) is 10.3 Å². The van der Waals surface area contributed by atoms with Crippen LogP contribution in [-0.2, 0) is 25.5 Å². The first kappa shape index (κ1) is 22.5. The second-order valence-electron chi connectivity index (χ2n) is 8.77. The molecule has 1 aromatic carbocycles. The number of benzene rings is 1. The number of hydrogen-bond donors (Lipinski definition) is 1. The molecule has 1 atom stereocenters. The van der Waals surface area contributed by atoms with E-state index in [1.54, 1.807) is 0 Å². The fourth-order valence-electron chi connectivity index (χ4n) is 4.78. The summed E-state index contributed by atoms with van der Waals surface area (Å²) in [5, 5.41) is 2.90. The number of hydrogen-bond acceptors (Lipinski definition) is 5. The fourth-order valence-corrected chi connectivity index (χ4v) is 4.90. The summed E-state index contributed by atoms with van der Waals surface area (Å²) in [6, 6.07) is 12.0. The summed E-state index contributed by atoms with van der Waals surface area (Å²) in [5.74, 6) is 0.695. The first-order valence-corrected chi connectivity index (χ1v) is 11.5. The van der Waals surface area contributed by atoms with Crippen LogP contribution in [0.4, 0.5) is 0 Å². The first-order valence-electron chi connectivity index (χ1n) is 11.2. The second kappa shape index (κ2) is 10.3. The van der Waals surface area contributed by atoms with Crippen LogP contribution in [0.2, 0.25) is 5.02 Å². The number of nitrogens with one attached hydrogen (secondary N) is 1. The van der Waals surface area contributed by atoms with Crippen molar-refractivity contribution in [2.45, 2.75) is 62.9 Å². The molecule has 2 aliphatic carbocycles. The van der Waals surface area contributed by atoms with Gasteiger partial charge in [-0.2, -0.15) is 0 Å². The number of carbonyl (C=O) groups is 3. The highest BCUT2D eigenvalue weighted by molar-refractivity contribution is 6.30. The molecular weight excluding hydrogens is 428 g/mol. The maximum atomic E-state index is 11.9. The summed E-state index contributed by atoms with van der Waals surface area (Å²) in [6.45, 7) is 0.500. The third kappa shape index (κ3) is 5.54. The lowest BCUT2D eigenvalue weighted by molar-refractivity contribution is -0.137. The molecule has 1 heterocycles. The highest BCUT2D eigenvalue weighted by Crippen LogP contribution is 2.44. The standard InChI is InChI=1S/C25H27ClN2O4/c26-21-9-7-17(8-10-21)16-3-5-19(6-4-16)25(32-15-30)23-12-20(18-1-2-18)11-22(28-23)13-24(31)27-14-29/h7-12,14-16,18-19,25H,1-6,13H2,(H,27,29,31). The fraction of sp³-hybridized carbons (Fsp3) is 0.440. The van der Waals surface area contributed by atoms with E-state index in [0.29, 0.717) is 36.1 Å². The topological polar surface area (TPSA) is 85.4 Å². The van der Waals surface area contributed by atoms with Crippen LogP contribution in [0.5, 0.6) is 0 Å². The Kier molecular flexibility index (Phi) is 7.20. The molecule has 6 nitrogen and oxygen atoms in total. The third-order valence-corrected chi connectivity index (χ3v) is 6.82. The van der Waals surface area contributed by atoms with Gasteiger partial charge in [-0.25, -0.2) is 0 Å². The number of amides is 2. The van der Waals surface area contributed by atoms with Gasteiger partial charge in [0.15, 0.2) is 0 Å². The van der Waals surface area contributed by atoms with Gasteiger partial charge in [-0.3, -0.25) is 24.7 Å². The minimum atomic E-state index is -0.440. The van der Waals surface area contributed by atoms with Gasteiger partial charge in [0, 0.05) is 10.9 Å². The van der Waals surface area contributed by atoms with Crippen LogP contribution in [0.3, 0.4) is 0 Å². The zero-order valence-electron chi connectivity index (χ0n) is 17.8. The predicted molar refractivity (Wildman–Crippen MR) is 120 cm³/mol. The van der Waals surface area contributed by atoms with E-state index in [4.69, 9.17) is 16.3 Å². The number of halogens is 1. The van der Waals surface area contributed by atoms with Crippen LogP contribution >= 0.6 is 11.6 Å². The van der Waals surface area contributed by atoms with E-state index < -0.39 is 12.0 Å². The molecule has 0 spiro atoms. The van der Waals surface area contributed by atoms with Gasteiger partial charge in [-0.05, 0) is 85.8 Å². The summed E-state index contributed by atoms with van der Waals surface area (Å²) >= 11 is 6.02. The van der Waals surface area contributed by atoms with Gasteiger partial charge in [0.25, 0.3) is 6.47 Å². The van der Waals surface area contributed by atoms with Gasteiger partial charge in [-0.15, -0.1) is 0 Å². The zero-order valence-corrected chi connectivity index (χ0v) is 18.6. The molecule has 2 saturated carbocycles. The van der Waals surface area contributed by atoms with Gasteiger partial charge >= 0.3 is 0 Å². The summed E-state index contributed by atoms with van der Waals surface area (Å²) in [5.41, 5.74) is 3.71. The Bertz CT molecular complexity index is 966. The van der Waals surface area contributed by atoms with E-state index in [1.165, 1.54) is 5.56 Å². The molecule has 2 aliphatic rings. The number of rotatable bonds is 9. The number of aromatic nitrogens is 1. The molecule has 0 aliphatic heterocycles. The van der Waals surface area contributed by atoms with Crippen LogP contribution in [0, 0.1) is 5.92 Å². The lowest BCUT2D eigenvalue weighted by atomic mass is 9.76. The predicted octanol–water partition coefficient (Wildman–Crippen LogP) is 4.62. The molecule has 4 rings (SSSR count). The highest BCUT2D eigenvalue weighted by Gasteiger charge is 2.33. The Labute approximate surface area is 192 Å². The van der Waals surface area contributed by atoms with Gasteiger partial charge < -0.3 is 4.74 Å². The normalized spacial score (nSPS) is 21.4. The Morgan fingerprint density at radius 3 is 2.31 bits per heavy atom. The average Bonchev–Trinajstić information content (AvgIpc) is 3.64. The van der Waals surface area contributed by atoms with E-state index in [0.717, 1.165) is 49.1 Å². The van der Waals surface area contributed by atoms with Gasteiger partial charge in [0.1, 0.15) is 6.10 Å². The molecule has 32 heavy (non-hydrogen) atoms. The SMILES string of the molecule is O=CNC(=O)Cc1cc(C2CC2)cc(C(OC=O)C2CCC(c3ccc(Cl)cc3)CC2)n1.